The molecule has 1 amide bonds. The molecule has 1 spiro atoms. The van der Waals surface area contributed by atoms with E-state index in [9.17, 15) is 18.0 Å². The van der Waals surface area contributed by atoms with Crippen LogP contribution < -0.4 is 0 Å². The van der Waals surface area contributed by atoms with E-state index in [0.717, 1.165) is 17.4 Å². The molecule has 2 heterocycles. The molecule has 0 bridgehead atoms. The predicted octanol–water partition coefficient (Wildman–Crippen LogP) is 0.502. The van der Waals surface area contributed by atoms with Crippen molar-refractivity contribution >= 4 is 21.5 Å². The van der Waals surface area contributed by atoms with Crippen molar-refractivity contribution in [3.05, 3.63) is 34.9 Å². The van der Waals surface area contributed by atoms with Gasteiger partial charge in [0, 0.05) is 11.8 Å². The smallest absolute Gasteiger partial charge is 0.237 e. The minimum Gasteiger partial charge on any atom is -0.362 e. The van der Waals surface area contributed by atoms with E-state index in [2.05, 4.69) is 0 Å². The highest BCUT2D eigenvalue weighted by molar-refractivity contribution is 7.91. The lowest BCUT2D eigenvalue weighted by atomic mass is 9.84. The van der Waals surface area contributed by atoms with Crippen molar-refractivity contribution in [2.45, 2.75) is 19.1 Å². The van der Waals surface area contributed by atoms with Crippen molar-refractivity contribution in [1.82, 2.24) is 4.90 Å². The van der Waals surface area contributed by atoms with Crippen LogP contribution in [0, 0.1) is 0 Å². The summed E-state index contributed by atoms with van der Waals surface area (Å²) in [5.41, 5.74) is 2.05. The second-order valence-corrected chi connectivity index (χ2v) is 8.17. The second kappa shape index (κ2) is 4.89. The molecular formula is C15H17NO5S. The van der Waals surface area contributed by atoms with Crippen molar-refractivity contribution in [2.24, 2.45) is 0 Å². The molecule has 0 aromatic heterocycles. The minimum atomic E-state index is -3.32. The summed E-state index contributed by atoms with van der Waals surface area (Å²) in [6.45, 7) is 2.63. The summed E-state index contributed by atoms with van der Waals surface area (Å²) in [5.74, 6) is -0.869. The molecule has 0 atom stereocenters. The van der Waals surface area contributed by atoms with Crippen LogP contribution in [0.5, 0.6) is 0 Å². The molecule has 0 unspecified atom stereocenters. The van der Waals surface area contributed by atoms with Gasteiger partial charge in [0.25, 0.3) is 0 Å². The lowest BCUT2D eigenvalue weighted by Crippen LogP contribution is -2.62. The van der Waals surface area contributed by atoms with Gasteiger partial charge in [-0.25, -0.2) is 8.42 Å². The van der Waals surface area contributed by atoms with Gasteiger partial charge >= 0.3 is 0 Å². The quantitative estimate of drug-likeness (QED) is 0.757. The van der Waals surface area contributed by atoms with E-state index in [0.29, 0.717) is 25.3 Å². The fraction of sp³-hybridized carbons (Fsp3) is 0.467. The Hall–Kier alpha value is -1.73. The molecule has 22 heavy (non-hydrogen) atoms. The molecular weight excluding hydrogens is 306 g/mol. The number of hydrogen-bond donors (Lipinski definition) is 0. The van der Waals surface area contributed by atoms with Crippen LogP contribution in [0.25, 0.3) is 0 Å². The van der Waals surface area contributed by atoms with Crippen LogP contribution in [-0.4, -0.2) is 50.1 Å². The number of likely N-dealkylation sites (tertiary alicyclic amines) is 1. The van der Waals surface area contributed by atoms with Crippen LogP contribution in [0.3, 0.4) is 0 Å². The van der Waals surface area contributed by atoms with Gasteiger partial charge < -0.3 is 9.64 Å². The lowest BCUT2D eigenvalue weighted by Gasteiger charge is -2.47. The third kappa shape index (κ3) is 2.55. The standard InChI is InChI=1S/C15H17NO5S/c1-10(17)11-3-4-13-12(5-11)6-21-15(13)8-16(9-15)14(18)7-22(2,19)20/h3-5H,6-9H2,1-2H3. The fourth-order valence-electron chi connectivity index (χ4n) is 2.99. The molecule has 0 N–H and O–H groups in total. The minimum absolute atomic E-state index is 0.00214. The summed E-state index contributed by atoms with van der Waals surface area (Å²) < 4.78 is 28.2. The van der Waals surface area contributed by atoms with Gasteiger partial charge in [0.1, 0.15) is 11.4 Å². The number of carbonyl (C=O) groups is 2. The maximum atomic E-state index is 11.9. The van der Waals surface area contributed by atoms with Gasteiger partial charge in [-0.1, -0.05) is 12.1 Å². The number of hydrogen-bond acceptors (Lipinski definition) is 5. The molecule has 6 nitrogen and oxygen atoms in total. The predicted molar refractivity (Wildman–Crippen MR) is 79.2 cm³/mol. The van der Waals surface area contributed by atoms with Crippen LogP contribution in [0.2, 0.25) is 0 Å². The Kier molecular flexibility index (Phi) is 3.37. The molecule has 0 aliphatic carbocycles. The molecule has 2 aliphatic rings. The number of nitrogens with zero attached hydrogens (tertiary/aromatic N) is 1. The van der Waals surface area contributed by atoms with Gasteiger partial charge in [-0.15, -0.1) is 0 Å². The molecule has 0 saturated carbocycles. The van der Waals surface area contributed by atoms with E-state index in [4.69, 9.17) is 4.74 Å². The highest BCUT2D eigenvalue weighted by Crippen LogP contribution is 2.43. The van der Waals surface area contributed by atoms with Crippen molar-refractivity contribution in [3.8, 4) is 0 Å². The second-order valence-electron chi connectivity index (χ2n) is 6.03. The summed E-state index contributed by atoms with van der Waals surface area (Å²) >= 11 is 0. The number of Topliss-reactive ketones (excluding diaryl/α,β-unsaturated/α-hetero) is 1. The summed E-state index contributed by atoms with van der Waals surface area (Å²) in [4.78, 5) is 24.8. The van der Waals surface area contributed by atoms with Gasteiger partial charge in [0.05, 0.1) is 19.7 Å². The van der Waals surface area contributed by atoms with Crippen LogP contribution in [0.1, 0.15) is 28.4 Å². The fourth-order valence-corrected chi connectivity index (χ4v) is 3.63. The zero-order valence-corrected chi connectivity index (χ0v) is 13.3. The molecule has 1 fully saturated rings. The SMILES string of the molecule is CC(=O)c1ccc2c(c1)COC21CN(C(=O)CS(C)(=O)=O)C1. The highest BCUT2D eigenvalue weighted by Gasteiger charge is 2.51. The molecule has 1 saturated heterocycles. The monoisotopic (exact) mass is 323 g/mol. The Balaban J connectivity index is 1.76. The van der Waals surface area contributed by atoms with Gasteiger partial charge in [0.15, 0.2) is 15.6 Å². The summed E-state index contributed by atoms with van der Waals surface area (Å²) in [7, 11) is -3.32. The number of fused-ring (bicyclic) bond motifs is 2. The highest BCUT2D eigenvalue weighted by atomic mass is 32.2. The first-order valence-corrected chi connectivity index (χ1v) is 9.00. The summed E-state index contributed by atoms with van der Waals surface area (Å²) in [6.07, 6.45) is 1.05. The van der Waals surface area contributed by atoms with Gasteiger partial charge in [-0.2, -0.15) is 0 Å². The molecule has 118 valence electrons. The summed E-state index contributed by atoms with van der Waals surface area (Å²) in [5, 5.41) is 0. The number of rotatable bonds is 3. The molecule has 1 aromatic carbocycles. The van der Waals surface area contributed by atoms with Gasteiger partial charge in [-0.3, -0.25) is 9.59 Å². The number of ketones is 1. The Bertz CT molecular complexity index is 762. The average molecular weight is 323 g/mol. The first kappa shape index (κ1) is 15.2. The topological polar surface area (TPSA) is 80.8 Å². The largest absolute Gasteiger partial charge is 0.362 e. The molecule has 1 aromatic rings. The number of benzene rings is 1. The number of sulfone groups is 1. The normalized spacial score (nSPS) is 18.9. The Morgan fingerprint density at radius 2 is 2.00 bits per heavy atom. The van der Waals surface area contributed by atoms with Crippen molar-refractivity contribution in [2.75, 3.05) is 25.1 Å². The Labute approximate surface area is 129 Å². The van der Waals surface area contributed by atoms with Crippen molar-refractivity contribution in [1.29, 1.82) is 0 Å². The third-order valence-electron chi connectivity index (χ3n) is 4.14. The van der Waals surface area contributed by atoms with E-state index in [-0.39, 0.29) is 5.78 Å². The molecule has 2 aliphatic heterocycles. The van der Waals surface area contributed by atoms with Gasteiger partial charge in [0.2, 0.25) is 5.91 Å². The third-order valence-corrected chi connectivity index (χ3v) is 4.91. The van der Waals surface area contributed by atoms with Crippen LogP contribution in [0.15, 0.2) is 18.2 Å². The molecule has 0 radical (unpaired) electrons. The first-order valence-electron chi connectivity index (χ1n) is 6.94. The lowest BCUT2D eigenvalue weighted by molar-refractivity contribution is -0.166. The van der Waals surface area contributed by atoms with Crippen LogP contribution in [-0.2, 0) is 31.6 Å². The Morgan fingerprint density at radius 1 is 1.32 bits per heavy atom. The van der Waals surface area contributed by atoms with Gasteiger partial charge in [-0.05, 0) is 24.1 Å². The van der Waals surface area contributed by atoms with Crippen molar-refractivity contribution < 1.29 is 22.7 Å². The van der Waals surface area contributed by atoms with Crippen molar-refractivity contribution in [3.63, 3.8) is 0 Å². The van der Waals surface area contributed by atoms with E-state index >= 15 is 0 Å². The zero-order chi connectivity index (χ0) is 16.1. The van der Waals surface area contributed by atoms with E-state index in [1.807, 2.05) is 12.1 Å². The van der Waals surface area contributed by atoms with Crippen LogP contribution in [0.4, 0.5) is 0 Å². The molecule has 7 heteroatoms. The number of amides is 1. The molecule has 3 rings (SSSR count). The van der Waals surface area contributed by atoms with Crippen LogP contribution >= 0.6 is 0 Å². The maximum Gasteiger partial charge on any atom is 0.237 e. The van der Waals surface area contributed by atoms with E-state index in [1.54, 1.807) is 6.07 Å². The zero-order valence-electron chi connectivity index (χ0n) is 12.5. The average Bonchev–Trinajstić information content (AvgIpc) is 2.73. The first-order chi connectivity index (χ1) is 10.2. The van der Waals surface area contributed by atoms with E-state index < -0.39 is 27.1 Å². The Morgan fingerprint density at radius 3 is 2.59 bits per heavy atom. The maximum absolute atomic E-state index is 11.9. The van der Waals surface area contributed by atoms with E-state index in [1.165, 1.54) is 11.8 Å². The summed E-state index contributed by atoms with van der Waals surface area (Å²) in [6, 6.07) is 5.46. The number of carbonyl (C=O) groups excluding carboxylic acids is 2. The number of ether oxygens (including phenoxy) is 1.